The summed E-state index contributed by atoms with van der Waals surface area (Å²) >= 11 is -0.836. The molecule has 0 amide bonds. The average molecular weight is 234 g/mol. The van der Waals surface area contributed by atoms with Gasteiger partial charge in [-0.15, -0.1) is 0 Å². The fourth-order valence-corrected chi connectivity index (χ4v) is 1.49. The predicted molar refractivity (Wildman–Crippen MR) is 60.1 cm³/mol. The molecule has 88 valence electrons. The zero-order chi connectivity index (χ0) is 11.7. The van der Waals surface area contributed by atoms with Crippen molar-refractivity contribution in [3.05, 3.63) is 12.7 Å². The minimum absolute atomic E-state index is 0.159. The second-order valence-corrected chi connectivity index (χ2v) is 5.23. The summed E-state index contributed by atoms with van der Waals surface area (Å²) in [5.41, 5.74) is 0. The van der Waals surface area contributed by atoms with E-state index in [1.165, 1.54) is 0 Å². The molecule has 0 aromatic rings. The van der Waals surface area contributed by atoms with Crippen LogP contribution in [0.25, 0.3) is 0 Å². The van der Waals surface area contributed by atoms with Crippen molar-refractivity contribution in [2.75, 3.05) is 25.6 Å². The topological polar surface area (TPSA) is 58.6 Å². The summed E-state index contributed by atoms with van der Waals surface area (Å²) in [6.45, 7) is 8.03. The number of esters is 1. The lowest BCUT2D eigenvalue weighted by atomic mass is 10.6. The molecule has 0 bridgehead atoms. The molecule has 1 unspecified atom stereocenters. The van der Waals surface area contributed by atoms with E-state index in [2.05, 4.69) is 11.3 Å². The molecule has 0 aliphatic carbocycles. The number of hydrogen-bond donors (Lipinski definition) is 0. The molecular weight excluding hydrogens is 216 g/mol. The van der Waals surface area contributed by atoms with E-state index in [1.54, 1.807) is 0 Å². The van der Waals surface area contributed by atoms with Crippen LogP contribution in [0.1, 0.15) is 13.8 Å². The van der Waals surface area contributed by atoms with Gasteiger partial charge in [-0.25, -0.2) is 4.79 Å². The van der Waals surface area contributed by atoms with E-state index in [4.69, 9.17) is 4.74 Å². The molecule has 0 heterocycles. The van der Waals surface area contributed by atoms with Crippen molar-refractivity contribution < 1.29 is 18.8 Å². The standard InChI is InChI=1S/C10H18O4S/c1-4-10(11)14-6-5-13-7-8-15(12)9(2)3/h4,9H,1,5-8H2,2-3H3. The highest BCUT2D eigenvalue weighted by Gasteiger charge is 2.10. The maximum atomic E-state index is 11.3. The number of carbonyl (C=O) groups is 1. The highest BCUT2D eigenvalue weighted by atomic mass is 32.2. The van der Waals surface area contributed by atoms with Gasteiger partial charge in [-0.2, -0.15) is 0 Å². The summed E-state index contributed by atoms with van der Waals surface area (Å²) in [7, 11) is 0. The Labute approximate surface area is 93.8 Å². The minimum Gasteiger partial charge on any atom is -0.616 e. The largest absolute Gasteiger partial charge is 0.616 e. The molecule has 0 N–H and O–H groups in total. The molecule has 0 saturated carbocycles. The summed E-state index contributed by atoms with van der Waals surface area (Å²) in [6, 6.07) is 0. The summed E-state index contributed by atoms with van der Waals surface area (Å²) in [6.07, 6.45) is 1.10. The van der Waals surface area contributed by atoms with Gasteiger partial charge in [0.1, 0.15) is 17.6 Å². The van der Waals surface area contributed by atoms with Crippen LogP contribution in [0.5, 0.6) is 0 Å². The first-order valence-electron chi connectivity index (χ1n) is 4.82. The van der Waals surface area contributed by atoms with Gasteiger partial charge in [0.2, 0.25) is 0 Å². The van der Waals surface area contributed by atoms with Gasteiger partial charge in [0, 0.05) is 6.08 Å². The lowest BCUT2D eigenvalue weighted by molar-refractivity contribution is -0.139. The molecule has 15 heavy (non-hydrogen) atoms. The third-order valence-corrected chi connectivity index (χ3v) is 3.21. The van der Waals surface area contributed by atoms with Crippen LogP contribution in [-0.2, 0) is 25.4 Å². The minimum atomic E-state index is -0.836. The van der Waals surface area contributed by atoms with Crippen molar-refractivity contribution in [2.24, 2.45) is 0 Å². The number of rotatable bonds is 8. The normalized spacial score (nSPS) is 12.5. The summed E-state index contributed by atoms with van der Waals surface area (Å²) in [5.74, 6) is 0.0666. The summed E-state index contributed by atoms with van der Waals surface area (Å²) in [4.78, 5) is 10.6. The van der Waals surface area contributed by atoms with Crippen LogP contribution in [0.15, 0.2) is 12.7 Å². The van der Waals surface area contributed by atoms with Gasteiger partial charge in [0.05, 0.1) is 13.2 Å². The van der Waals surface area contributed by atoms with Gasteiger partial charge < -0.3 is 14.0 Å². The Kier molecular flexibility index (Phi) is 8.46. The number of carbonyl (C=O) groups excluding carboxylic acids is 1. The van der Waals surface area contributed by atoms with Crippen molar-refractivity contribution in [2.45, 2.75) is 19.1 Å². The van der Waals surface area contributed by atoms with Crippen LogP contribution in [-0.4, -0.2) is 41.3 Å². The highest BCUT2D eigenvalue weighted by molar-refractivity contribution is 7.91. The molecule has 0 saturated heterocycles. The van der Waals surface area contributed by atoms with Crippen molar-refractivity contribution in [3.8, 4) is 0 Å². The quantitative estimate of drug-likeness (QED) is 0.271. The van der Waals surface area contributed by atoms with E-state index in [-0.39, 0.29) is 11.9 Å². The molecule has 1 atom stereocenters. The lowest BCUT2D eigenvalue weighted by Crippen LogP contribution is -2.21. The molecule has 0 rings (SSSR count). The van der Waals surface area contributed by atoms with Gasteiger partial charge >= 0.3 is 5.97 Å². The van der Waals surface area contributed by atoms with Crippen LogP contribution in [0, 0.1) is 0 Å². The smallest absolute Gasteiger partial charge is 0.330 e. The molecule has 0 radical (unpaired) electrons. The lowest BCUT2D eigenvalue weighted by Gasteiger charge is -2.14. The molecule has 4 nitrogen and oxygen atoms in total. The second-order valence-electron chi connectivity index (χ2n) is 3.12. The first-order valence-corrected chi connectivity index (χ1v) is 6.20. The van der Waals surface area contributed by atoms with E-state index < -0.39 is 17.1 Å². The van der Waals surface area contributed by atoms with Crippen LogP contribution in [0.3, 0.4) is 0 Å². The van der Waals surface area contributed by atoms with Gasteiger partial charge in [-0.05, 0) is 25.0 Å². The third-order valence-electron chi connectivity index (χ3n) is 1.59. The highest BCUT2D eigenvalue weighted by Crippen LogP contribution is 2.00. The van der Waals surface area contributed by atoms with E-state index >= 15 is 0 Å². The SMILES string of the molecule is C=CC(=O)OCCOCC[S+]([O-])C(C)C. The predicted octanol–water partition coefficient (Wildman–Crippen LogP) is 0.889. The molecule has 0 aliphatic heterocycles. The van der Waals surface area contributed by atoms with Crippen molar-refractivity contribution in [1.29, 1.82) is 0 Å². The fourth-order valence-electron chi connectivity index (χ4n) is 0.739. The monoisotopic (exact) mass is 234 g/mol. The molecular formula is C10H18O4S. The molecule has 0 aliphatic rings. The Morgan fingerprint density at radius 2 is 2.13 bits per heavy atom. The Morgan fingerprint density at radius 1 is 1.47 bits per heavy atom. The van der Waals surface area contributed by atoms with Crippen LogP contribution in [0.2, 0.25) is 0 Å². The number of hydrogen-bond acceptors (Lipinski definition) is 4. The van der Waals surface area contributed by atoms with Gasteiger partial charge in [-0.3, -0.25) is 0 Å². The molecule has 5 heteroatoms. The van der Waals surface area contributed by atoms with E-state index in [0.29, 0.717) is 19.0 Å². The second kappa shape index (κ2) is 8.76. The molecule has 0 fully saturated rings. The first-order chi connectivity index (χ1) is 7.07. The Morgan fingerprint density at radius 3 is 2.67 bits per heavy atom. The van der Waals surface area contributed by atoms with Crippen LogP contribution < -0.4 is 0 Å². The summed E-state index contributed by atoms with van der Waals surface area (Å²) in [5, 5.41) is 0.159. The van der Waals surface area contributed by atoms with Crippen molar-refractivity contribution in [3.63, 3.8) is 0 Å². The molecule has 0 aromatic heterocycles. The average Bonchev–Trinajstić information content (AvgIpc) is 2.22. The zero-order valence-corrected chi connectivity index (χ0v) is 10.0. The Bertz CT molecular complexity index is 194. The zero-order valence-electron chi connectivity index (χ0n) is 9.23. The Balaban J connectivity index is 3.25. The van der Waals surface area contributed by atoms with Gasteiger partial charge in [0.25, 0.3) is 0 Å². The number of ether oxygens (including phenoxy) is 2. The van der Waals surface area contributed by atoms with Crippen LogP contribution in [0.4, 0.5) is 0 Å². The summed E-state index contributed by atoms with van der Waals surface area (Å²) < 4.78 is 21.1. The van der Waals surface area contributed by atoms with E-state index in [0.717, 1.165) is 6.08 Å². The first kappa shape index (κ1) is 14.5. The van der Waals surface area contributed by atoms with Gasteiger partial charge in [0.15, 0.2) is 0 Å². The third kappa shape index (κ3) is 8.47. The fraction of sp³-hybridized carbons (Fsp3) is 0.700. The maximum Gasteiger partial charge on any atom is 0.330 e. The van der Waals surface area contributed by atoms with E-state index in [1.807, 2.05) is 13.8 Å². The Hall–Kier alpha value is -0.520. The molecule has 0 spiro atoms. The maximum absolute atomic E-state index is 11.3. The van der Waals surface area contributed by atoms with E-state index in [9.17, 15) is 9.35 Å². The molecule has 0 aromatic carbocycles. The van der Waals surface area contributed by atoms with Gasteiger partial charge in [-0.1, -0.05) is 6.58 Å². The van der Waals surface area contributed by atoms with Crippen molar-refractivity contribution in [1.82, 2.24) is 0 Å². The van der Waals surface area contributed by atoms with Crippen molar-refractivity contribution >= 4 is 17.1 Å². The van der Waals surface area contributed by atoms with Crippen LogP contribution >= 0.6 is 0 Å².